The van der Waals surface area contributed by atoms with Gasteiger partial charge in [-0.25, -0.2) is 0 Å². The highest BCUT2D eigenvalue weighted by Gasteiger charge is 2.08. The maximum absolute atomic E-state index is 11.2. The number of nitrogens with one attached hydrogen (secondary N) is 1. The van der Waals surface area contributed by atoms with Crippen LogP contribution in [0, 0.1) is 0 Å². The van der Waals surface area contributed by atoms with E-state index in [1.54, 1.807) is 0 Å². The average Bonchev–Trinajstić information content (AvgIpc) is 2.02. The molecule has 3 N–H and O–H groups in total. The monoisotopic (exact) mass is 202 g/mol. The zero-order chi connectivity index (χ0) is 11.0. The lowest BCUT2D eigenvalue weighted by Gasteiger charge is -2.15. The summed E-state index contributed by atoms with van der Waals surface area (Å²) in [4.78, 5) is 11.2. The molecule has 84 valence electrons. The van der Waals surface area contributed by atoms with Crippen molar-refractivity contribution in [3.63, 3.8) is 0 Å². The SMILES string of the molecule is CCCOCC(=O)NC(C)CC(C)N. The maximum atomic E-state index is 11.2. The van der Waals surface area contributed by atoms with Gasteiger partial charge in [0.25, 0.3) is 0 Å². The molecule has 4 heteroatoms. The molecule has 0 fully saturated rings. The van der Waals surface area contributed by atoms with Crippen molar-refractivity contribution in [3.05, 3.63) is 0 Å². The van der Waals surface area contributed by atoms with Crippen molar-refractivity contribution >= 4 is 5.91 Å². The van der Waals surface area contributed by atoms with Crippen LogP contribution in [0.5, 0.6) is 0 Å². The third-order valence-corrected chi connectivity index (χ3v) is 1.71. The highest BCUT2D eigenvalue weighted by molar-refractivity contribution is 5.77. The van der Waals surface area contributed by atoms with Crippen LogP contribution >= 0.6 is 0 Å². The molecular weight excluding hydrogens is 180 g/mol. The van der Waals surface area contributed by atoms with E-state index in [4.69, 9.17) is 10.5 Å². The number of nitrogens with two attached hydrogens (primary N) is 1. The Kier molecular flexibility index (Phi) is 7.42. The Morgan fingerprint density at radius 2 is 2.14 bits per heavy atom. The van der Waals surface area contributed by atoms with E-state index in [1.807, 2.05) is 20.8 Å². The lowest BCUT2D eigenvalue weighted by molar-refractivity contribution is -0.126. The minimum absolute atomic E-state index is 0.0633. The first-order valence-electron chi connectivity index (χ1n) is 5.19. The molecule has 1 amide bonds. The number of ether oxygens (including phenoxy) is 1. The molecule has 2 atom stereocenters. The lowest BCUT2D eigenvalue weighted by atomic mass is 10.1. The van der Waals surface area contributed by atoms with Gasteiger partial charge in [0.05, 0.1) is 0 Å². The quantitative estimate of drug-likeness (QED) is 0.596. The summed E-state index contributed by atoms with van der Waals surface area (Å²) in [6, 6.07) is 0.231. The number of rotatable bonds is 7. The Bertz CT molecular complexity index is 160. The van der Waals surface area contributed by atoms with Crippen molar-refractivity contribution < 1.29 is 9.53 Å². The smallest absolute Gasteiger partial charge is 0.246 e. The number of carbonyl (C=O) groups excluding carboxylic acids is 1. The number of amides is 1. The van der Waals surface area contributed by atoms with Crippen LogP contribution in [-0.2, 0) is 9.53 Å². The van der Waals surface area contributed by atoms with Gasteiger partial charge in [-0.3, -0.25) is 4.79 Å². The van der Waals surface area contributed by atoms with Crippen LogP contribution in [0.1, 0.15) is 33.6 Å². The first-order chi connectivity index (χ1) is 6.56. The highest BCUT2D eigenvalue weighted by Crippen LogP contribution is 1.94. The summed E-state index contributed by atoms with van der Waals surface area (Å²) in [5.41, 5.74) is 5.61. The van der Waals surface area contributed by atoms with Crippen molar-refractivity contribution in [1.82, 2.24) is 5.32 Å². The normalized spacial score (nSPS) is 14.9. The van der Waals surface area contributed by atoms with Gasteiger partial charge in [0.15, 0.2) is 0 Å². The number of hydrogen-bond acceptors (Lipinski definition) is 3. The molecule has 0 aromatic carbocycles. The van der Waals surface area contributed by atoms with E-state index in [0.29, 0.717) is 6.61 Å². The molecule has 0 aliphatic heterocycles. The Morgan fingerprint density at radius 3 is 2.64 bits per heavy atom. The van der Waals surface area contributed by atoms with Crippen molar-refractivity contribution in [2.75, 3.05) is 13.2 Å². The molecule has 0 aliphatic rings. The summed E-state index contributed by atoms with van der Waals surface area (Å²) >= 11 is 0. The van der Waals surface area contributed by atoms with Crippen LogP contribution in [0.3, 0.4) is 0 Å². The summed E-state index contributed by atoms with van der Waals surface area (Å²) < 4.78 is 5.11. The predicted octanol–water partition coefficient (Wildman–Crippen LogP) is 0.655. The van der Waals surface area contributed by atoms with Gasteiger partial charge in [0.1, 0.15) is 6.61 Å². The van der Waals surface area contributed by atoms with Gasteiger partial charge in [-0.1, -0.05) is 6.92 Å². The van der Waals surface area contributed by atoms with Gasteiger partial charge in [0, 0.05) is 18.7 Å². The zero-order valence-electron chi connectivity index (χ0n) is 9.38. The molecule has 0 aromatic rings. The Hall–Kier alpha value is -0.610. The molecule has 0 heterocycles. The molecule has 0 bridgehead atoms. The second-order valence-corrected chi connectivity index (χ2v) is 3.73. The first-order valence-corrected chi connectivity index (χ1v) is 5.19. The van der Waals surface area contributed by atoms with Crippen molar-refractivity contribution in [2.24, 2.45) is 5.73 Å². The van der Waals surface area contributed by atoms with Crippen LogP contribution in [0.15, 0.2) is 0 Å². The van der Waals surface area contributed by atoms with Crippen molar-refractivity contribution in [1.29, 1.82) is 0 Å². The third-order valence-electron chi connectivity index (χ3n) is 1.71. The van der Waals surface area contributed by atoms with E-state index in [-0.39, 0.29) is 24.6 Å². The van der Waals surface area contributed by atoms with Gasteiger partial charge in [-0.15, -0.1) is 0 Å². The molecule has 0 aliphatic carbocycles. The van der Waals surface area contributed by atoms with Gasteiger partial charge in [-0.2, -0.15) is 0 Å². The lowest BCUT2D eigenvalue weighted by Crippen LogP contribution is -2.38. The summed E-state index contributed by atoms with van der Waals surface area (Å²) in [6.45, 7) is 6.67. The second kappa shape index (κ2) is 7.76. The van der Waals surface area contributed by atoms with Gasteiger partial charge in [0.2, 0.25) is 5.91 Å². The van der Waals surface area contributed by atoms with E-state index < -0.39 is 0 Å². The Labute approximate surface area is 86.2 Å². The molecule has 4 nitrogen and oxygen atoms in total. The van der Waals surface area contributed by atoms with E-state index in [0.717, 1.165) is 12.8 Å². The van der Waals surface area contributed by atoms with Crippen LogP contribution < -0.4 is 11.1 Å². The first kappa shape index (κ1) is 13.4. The highest BCUT2D eigenvalue weighted by atomic mass is 16.5. The molecule has 0 rings (SSSR count). The van der Waals surface area contributed by atoms with E-state index in [2.05, 4.69) is 5.32 Å². The fourth-order valence-electron chi connectivity index (χ4n) is 1.24. The molecule has 0 saturated carbocycles. The third kappa shape index (κ3) is 8.01. The van der Waals surface area contributed by atoms with Gasteiger partial charge >= 0.3 is 0 Å². The molecular formula is C10H22N2O2. The average molecular weight is 202 g/mol. The largest absolute Gasteiger partial charge is 0.372 e. The summed E-state index contributed by atoms with van der Waals surface area (Å²) in [6.07, 6.45) is 1.72. The number of carbonyl (C=O) groups is 1. The van der Waals surface area contributed by atoms with Crippen LogP contribution in [0.4, 0.5) is 0 Å². The zero-order valence-corrected chi connectivity index (χ0v) is 9.38. The Balaban J connectivity index is 3.50. The Morgan fingerprint density at radius 1 is 1.50 bits per heavy atom. The fraction of sp³-hybridized carbons (Fsp3) is 0.900. The van der Waals surface area contributed by atoms with E-state index in [1.165, 1.54) is 0 Å². The predicted molar refractivity (Wildman–Crippen MR) is 57.0 cm³/mol. The van der Waals surface area contributed by atoms with E-state index in [9.17, 15) is 4.79 Å². The van der Waals surface area contributed by atoms with Crippen LogP contribution in [0.25, 0.3) is 0 Å². The van der Waals surface area contributed by atoms with Crippen molar-refractivity contribution in [2.45, 2.75) is 45.7 Å². The van der Waals surface area contributed by atoms with E-state index >= 15 is 0 Å². The topological polar surface area (TPSA) is 64.3 Å². The molecule has 0 aromatic heterocycles. The minimum Gasteiger partial charge on any atom is -0.372 e. The van der Waals surface area contributed by atoms with Crippen LogP contribution in [-0.4, -0.2) is 31.2 Å². The molecule has 0 radical (unpaired) electrons. The summed E-state index contributed by atoms with van der Waals surface area (Å²) in [7, 11) is 0. The second-order valence-electron chi connectivity index (χ2n) is 3.73. The maximum Gasteiger partial charge on any atom is 0.246 e. The van der Waals surface area contributed by atoms with Gasteiger partial charge < -0.3 is 15.8 Å². The molecule has 0 saturated heterocycles. The standard InChI is InChI=1S/C10H22N2O2/c1-4-5-14-7-10(13)12-9(3)6-8(2)11/h8-9H,4-7,11H2,1-3H3,(H,12,13). The fourth-order valence-corrected chi connectivity index (χ4v) is 1.24. The van der Waals surface area contributed by atoms with Gasteiger partial charge in [-0.05, 0) is 26.7 Å². The van der Waals surface area contributed by atoms with Crippen LogP contribution in [0.2, 0.25) is 0 Å². The minimum atomic E-state index is -0.0633. The molecule has 2 unspecified atom stereocenters. The number of hydrogen-bond donors (Lipinski definition) is 2. The summed E-state index contributed by atoms with van der Waals surface area (Å²) in [5.74, 6) is -0.0633. The van der Waals surface area contributed by atoms with Crippen molar-refractivity contribution in [3.8, 4) is 0 Å². The molecule has 0 spiro atoms. The summed E-state index contributed by atoms with van der Waals surface area (Å²) in [5, 5.41) is 2.83. The molecule has 14 heavy (non-hydrogen) atoms.